The van der Waals surface area contributed by atoms with Gasteiger partial charge in [0.25, 0.3) is 0 Å². The van der Waals surface area contributed by atoms with Crippen molar-refractivity contribution < 1.29 is 9.47 Å². The topological polar surface area (TPSA) is 47.7 Å². The fourth-order valence-electron chi connectivity index (χ4n) is 3.21. The lowest BCUT2D eigenvalue weighted by Crippen LogP contribution is -2.48. The van der Waals surface area contributed by atoms with Gasteiger partial charge in [-0.2, -0.15) is 0 Å². The van der Waals surface area contributed by atoms with Crippen LogP contribution in [0.25, 0.3) is 0 Å². The summed E-state index contributed by atoms with van der Waals surface area (Å²) in [7, 11) is 3.90. The minimum Gasteiger partial charge on any atom is -0.496 e. The third kappa shape index (κ3) is 3.96. The molecule has 1 aliphatic rings. The second-order valence-corrected chi connectivity index (χ2v) is 5.96. The molecule has 1 saturated heterocycles. The number of rotatable bonds is 7. The first-order valence-electron chi connectivity index (χ1n) is 7.79. The molecule has 1 fully saturated rings. The van der Waals surface area contributed by atoms with Crippen LogP contribution < -0.4 is 10.5 Å². The molecule has 3 unspecified atom stereocenters. The van der Waals surface area contributed by atoms with E-state index >= 15 is 0 Å². The maximum Gasteiger partial charge on any atom is 0.122 e. The van der Waals surface area contributed by atoms with Crippen molar-refractivity contribution >= 4 is 0 Å². The third-order valence-electron chi connectivity index (χ3n) is 4.68. The number of likely N-dealkylation sites (N-methyl/N-ethyl adjacent to an activating group) is 1. The largest absolute Gasteiger partial charge is 0.496 e. The molecule has 3 atom stereocenters. The number of nitrogens with zero attached hydrogens (tertiary/aromatic N) is 1. The molecule has 4 nitrogen and oxygen atoms in total. The molecule has 0 spiro atoms. The second kappa shape index (κ2) is 7.78. The minimum atomic E-state index is 0.386. The molecule has 2 rings (SSSR count). The van der Waals surface area contributed by atoms with Crippen LogP contribution in [-0.2, 0) is 11.2 Å². The molecule has 1 aromatic rings. The van der Waals surface area contributed by atoms with Crippen molar-refractivity contribution in [2.24, 2.45) is 11.7 Å². The molecule has 118 valence electrons. The highest BCUT2D eigenvalue weighted by Gasteiger charge is 2.30. The lowest BCUT2D eigenvalue weighted by Gasteiger charge is -2.36. The van der Waals surface area contributed by atoms with Gasteiger partial charge in [-0.25, -0.2) is 0 Å². The number of hydrogen-bond acceptors (Lipinski definition) is 4. The quantitative estimate of drug-likeness (QED) is 0.834. The highest BCUT2D eigenvalue weighted by atomic mass is 16.5. The van der Waals surface area contributed by atoms with E-state index in [-0.39, 0.29) is 0 Å². The first-order valence-corrected chi connectivity index (χ1v) is 7.79. The van der Waals surface area contributed by atoms with Crippen molar-refractivity contribution in [2.75, 3.05) is 33.9 Å². The van der Waals surface area contributed by atoms with Gasteiger partial charge in [0, 0.05) is 31.2 Å². The van der Waals surface area contributed by atoms with E-state index in [2.05, 4.69) is 31.0 Å². The summed E-state index contributed by atoms with van der Waals surface area (Å²) in [5.74, 6) is 1.52. The molecule has 4 heteroatoms. The smallest absolute Gasteiger partial charge is 0.122 e. The van der Waals surface area contributed by atoms with Crippen molar-refractivity contribution in [2.45, 2.75) is 31.8 Å². The highest BCUT2D eigenvalue weighted by Crippen LogP contribution is 2.24. The second-order valence-electron chi connectivity index (χ2n) is 5.96. The third-order valence-corrected chi connectivity index (χ3v) is 4.68. The Hall–Kier alpha value is -1.10. The fraction of sp³-hybridized carbons (Fsp3) is 0.647. The van der Waals surface area contributed by atoms with Crippen LogP contribution >= 0.6 is 0 Å². The zero-order chi connectivity index (χ0) is 15.2. The van der Waals surface area contributed by atoms with Gasteiger partial charge in [-0.3, -0.25) is 4.90 Å². The van der Waals surface area contributed by atoms with Crippen LogP contribution in [0.2, 0.25) is 0 Å². The molecule has 0 bridgehead atoms. The molecule has 1 aromatic carbocycles. The summed E-state index contributed by atoms with van der Waals surface area (Å²) in [4.78, 5) is 2.41. The van der Waals surface area contributed by atoms with Gasteiger partial charge in [-0.1, -0.05) is 18.2 Å². The van der Waals surface area contributed by atoms with E-state index in [0.717, 1.165) is 31.8 Å². The number of hydrogen-bond donors (Lipinski definition) is 1. The predicted octanol–water partition coefficient (Wildman–Crippen LogP) is 1.92. The zero-order valence-electron chi connectivity index (χ0n) is 13.4. The van der Waals surface area contributed by atoms with Crippen molar-refractivity contribution in [3.05, 3.63) is 29.8 Å². The number of benzene rings is 1. The van der Waals surface area contributed by atoms with Gasteiger partial charge in [-0.15, -0.1) is 0 Å². The molecule has 21 heavy (non-hydrogen) atoms. The van der Waals surface area contributed by atoms with E-state index in [4.69, 9.17) is 15.2 Å². The van der Waals surface area contributed by atoms with E-state index in [1.54, 1.807) is 7.11 Å². The predicted molar refractivity (Wildman–Crippen MR) is 85.7 cm³/mol. The summed E-state index contributed by atoms with van der Waals surface area (Å²) in [6.07, 6.45) is 2.08. The first kappa shape index (κ1) is 16.3. The SMILES string of the molecule is COc1ccccc1CC(C)N(C)C(CN)C1CCOC1. The van der Waals surface area contributed by atoms with Gasteiger partial charge < -0.3 is 15.2 Å². The fourth-order valence-corrected chi connectivity index (χ4v) is 3.21. The van der Waals surface area contributed by atoms with Crippen LogP contribution in [0, 0.1) is 5.92 Å². The number of methoxy groups -OCH3 is 1. The molecule has 0 saturated carbocycles. The molecule has 2 N–H and O–H groups in total. The maximum atomic E-state index is 6.02. The summed E-state index contributed by atoms with van der Waals surface area (Å²) >= 11 is 0. The molecule has 1 heterocycles. The lowest BCUT2D eigenvalue weighted by molar-refractivity contribution is 0.115. The van der Waals surface area contributed by atoms with Gasteiger partial charge in [0.05, 0.1) is 13.7 Å². The number of para-hydroxylation sites is 1. The normalized spacial score (nSPS) is 21.5. The van der Waals surface area contributed by atoms with Crippen molar-refractivity contribution in [1.82, 2.24) is 4.90 Å². The van der Waals surface area contributed by atoms with Crippen LogP contribution in [0.1, 0.15) is 18.9 Å². The number of nitrogens with two attached hydrogens (primary N) is 1. The van der Waals surface area contributed by atoms with Crippen LogP contribution in [-0.4, -0.2) is 50.9 Å². The monoisotopic (exact) mass is 292 g/mol. The zero-order valence-corrected chi connectivity index (χ0v) is 13.4. The standard InChI is InChI=1S/C17H28N2O2/c1-13(10-14-6-4-5-7-17(14)20-3)19(2)16(11-18)15-8-9-21-12-15/h4-7,13,15-16H,8-12,18H2,1-3H3. The minimum absolute atomic E-state index is 0.386. The molecule has 0 aromatic heterocycles. The Bertz CT molecular complexity index is 433. The summed E-state index contributed by atoms with van der Waals surface area (Å²) < 4.78 is 11.0. The van der Waals surface area contributed by atoms with Gasteiger partial charge in [0.1, 0.15) is 5.75 Å². The van der Waals surface area contributed by atoms with E-state index in [1.165, 1.54) is 5.56 Å². The Morgan fingerprint density at radius 3 is 2.81 bits per heavy atom. The van der Waals surface area contributed by atoms with Crippen molar-refractivity contribution in [1.29, 1.82) is 0 Å². The summed E-state index contributed by atoms with van der Waals surface area (Å²) in [5, 5.41) is 0. The van der Waals surface area contributed by atoms with Gasteiger partial charge in [-0.05, 0) is 38.4 Å². The molecule has 0 radical (unpaired) electrons. The Balaban J connectivity index is 2.02. The average Bonchev–Trinajstić information content (AvgIpc) is 3.02. The molecule has 0 aliphatic carbocycles. The van der Waals surface area contributed by atoms with Crippen molar-refractivity contribution in [3.63, 3.8) is 0 Å². The molecule has 0 amide bonds. The average molecular weight is 292 g/mol. The van der Waals surface area contributed by atoms with E-state index in [9.17, 15) is 0 Å². The molecule has 1 aliphatic heterocycles. The summed E-state index contributed by atoms with van der Waals surface area (Å²) in [5.41, 5.74) is 7.27. The maximum absolute atomic E-state index is 6.02. The van der Waals surface area contributed by atoms with Crippen LogP contribution in [0.3, 0.4) is 0 Å². The lowest BCUT2D eigenvalue weighted by atomic mass is 9.95. The first-order chi connectivity index (χ1) is 10.2. The van der Waals surface area contributed by atoms with E-state index in [0.29, 0.717) is 24.5 Å². The van der Waals surface area contributed by atoms with Gasteiger partial charge in [0.2, 0.25) is 0 Å². The van der Waals surface area contributed by atoms with Crippen LogP contribution in [0.15, 0.2) is 24.3 Å². The number of ether oxygens (including phenoxy) is 2. The Morgan fingerprint density at radius 1 is 1.43 bits per heavy atom. The summed E-state index contributed by atoms with van der Waals surface area (Å²) in [6, 6.07) is 9.03. The van der Waals surface area contributed by atoms with E-state index < -0.39 is 0 Å². The Kier molecular flexibility index (Phi) is 6.03. The van der Waals surface area contributed by atoms with Crippen LogP contribution in [0.4, 0.5) is 0 Å². The molecular formula is C17H28N2O2. The molecular weight excluding hydrogens is 264 g/mol. The Morgan fingerprint density at radius 2 is 2.19 bits per heavy atom. The van der Waals surface area contributed by atoms with Gasteiger partial charge in [0.15, 0.2) is 0 Å². The van der Waals surface area contributed by atoms with E-state index in [1.807, 2.05) is 12.1 Å². The van der Waals surface area contributed by atoms with Crippen molar-refractivity contribution in [3.8, 4) is 5.75 Å². The van der Waals surface area contributed by atoms with Gasteiger partial charge >= 0.3 is 0 Å². The summed E-state index contributed by atoms with van der Waals surface area (Å²) in [6.45, 7) is 4.65. The Labute approximate surface area is 128 Å². The highest BCUT2D eigenvalue weighted by molar-refractivity contribution is 5.33. The van der Waals surface area contributed by atoms with Crippen LogP contribution in [0.5, 0.6) is 5.75 Å².